The zero-order chi connectivity index (χ0) is 27.5. The molecular weight excluding hydrogens is 482 g/mol. The smallest absolute Gasteiger partial charge is 0.408 e. The fraction of sp³-hybridized carbons (Fsp3) is 0.615. The van der Waals surface area contributed by atoms with Crippen molar-refractivity contribution in [1.82, 2.24) is 15.5 Å². The molecule has 3 amide bonds. The van der Waals surface area contributed by atoms with E-state index in [0.717, 1.165) is 24.0 Å². The quantitative estimate of drug-likeness (QED) is 0.220. The van der Waals surface area contributed by atoms with E-state index in [1.54, 1.807) is 20.8 Å². The number of amides is 3. The first kappa shape index (κ1) is 31.3. The fourth-order valence-corrected chi connectivity index (χ4v) is 3.95. The van der Waals surface area contributed by atoms with Gasteiger partial charge in [0.1, 0.15) is 24.2 Å². The number of benzene rings is 1. The van der Waals surface area contributed by atoms with Gasteiger partial charge in [-0.15, -0.1) is 0 Å². The molecule has 0 saturated carbocycles. The van der Waals surface area contributed by atoms with E-state index in [-0.39, 0.29) is 18.8 Å². The van der Waals surface area contributed by atoms with E-state index < -0.39 is 41.6 Å². The van der Waals surface area contributed by atoms with E-state index in [9.17, 15) is 19.2 Å². The van der Waals surface area contributed by atoms with Gasteiger partial charge in [0.25, 0.3) is 0 Å². The van der Waals surface area contributed by atoms with Crippen molar-refractivity contribution in [2.75, 3.05) is 26.0 Å². The van der Waals surface area contributed by atoms with Gasteiger partial charge in [-0.2, -0.15) is 12.6 Å². The lowest BCUT2D eigenvalue weighted by molar-refractivity contribution is -0.144. The molecule has 0 aliphatic carbocycles. The highest BCUT2D eigenvalue weighted by Crippen LogP contribution is 2.26. The highest BCUT2D eigenvalue weighted by Gasteiger charge is 2.36. The average Bonchev–Trinajstić information content (AvgIpc) is 2.78. The maximum absolute atomic E-state index is 13.8. The third-order valence-corrected chi connectivity index (χ3v) is 5.58. The molecule has 202 valence electrons. The third kappa shape index (κ3) is 10.5. The number of carbonyl (C=O) groups excluding carboxylic acids is 4. The molecule has 0 radical (unpaired) electrons. The number of ether oxygens (including phenoxy) is 2. The number of esters is 1. The lowest BCUT2D eigenvalue weighted by Gasteiger charge is -2.34. The zero-order valence-corrected chi connectivity index (χ0v) is 23.4. The van der Waals surface area contributed by atoms with Gasteiger partial charge in [0, 0.05) is 12.3 Å². The zero-order valence-electron chi connectivity index (χ0n) is 22.5. The predicted molar refractivity (Wildman–Crippen MR) is 142 cm³/mol. The number of rotatable bonds is 12. The Balaban J connectivity index is 3.44. The van der Waals surface area contributed by atoms with Crippen molar-refractivity contribution < 1.29 is 28.7 Å². The highest BCUT2D eigenvalue weighted by atomic mass is 32.1. The van der Waals surface area contributed by atoms with E-state index >= 15 is 0 Å². The van der Waals surface area contributed by atoms with Gasteiger partial charge >= 0.3 is 12.1 Å². The summed E-state index contributed by atoms with van der Waals surface area (Å²) >= 11 is 4.29. The molecule has 2 unspecified atom stereocenters. The second-order valence-corrected chi connectivity index (χ2v) is 10.1. The summed E-state index contributed by atoms with van der Waals surface area (Å²) < 4.78 is 9.96. The standard InChI is InChI=1S/C26H41N3O6S/c1-8-9-10-11-29(24(32)20(16-36)28-25(33)35-26(4,5)6)22(23(31)27-15-21(30)34-7)19-13-17(2)12-18(3)14-19/h12-14,20,22,36H,8-11,15-16H2,1-7H3,(H,27,31)(H,28,33). The van der Waals surface area contributed by atoms with Crippen LogP contribution in [0.15, 0.2) is 18.2 Å². The summed E-state index contributed by atoms with van der Waals surface area (Å²) in [7, 11) is 1.23. The highest BCUT2D eigenvalue weighted by molar-refractivity contribution is 7.80. The van der Waals surface area contributed by atoms with Crippen LogP contribution in [0.2, 0.25) is 0 Å². The van der Waals surface area contributed by atoms with Crippen molar-refractivity contribution >= 4 is 36.5 Å². The van der Waals surface area contributed by atoms with Crippen LogP contribution in [-0.2, 0) is 23.9 Å². The van der Waals surface area contributed by atoms with Crippen LogP contribution in [0.5, 0.6) is 0 Å². The van der Waals surface area contributed by atoms with Crippen LogP contribution >= 0.6 is 12.6 Å². The van der Waals surface area contributed by atoms with Gasteiger partial charge in [0.2, 0.25) is 11.8 Å². The van der Waals surface area contributed by atoms with Gasteiger partial charge < -0.3 is 25.0 Å². The summed E-state index contributed by atoms with van der Waals surface area (Å²) in [6.07, 6.45) is 1.66. The normalized spacial score (nSPS) is 12.8. The van der Waals surface area contributed by atoms with Crippen LogP contribution in [-0.4, -0.2) is 66.4 Å². The summed E-state index contributed by atoms with van der Waals surface area (Å²) in [4.78, 5) is 52.8. The molecule has 0 aliphatic heterocycles. The van der Waals surface area contributed by atoms with E-state index in [1.807, 2.05) is 39.0 Å². The van der Waals surface area contributed by atoms with Crippen molar-refractivity contribution in [3.05, 3.63) is 34.9 Å². The lowest BCUT2D eigenvalue weighted by atomic mass is 9.98. The Hall–Kier alpha value is -2.75. The number of nitrogens with zero attached hydrogens (tertiary/aromatic N) is 1. The van der Waals surface area contributed by atoms with E-state index in [1.165, 1.54) is 12.0 Å². The average molecular weight is 524 g/mol. The topological polar surface area (TPSA) is 114 Å². The Kier molecular flexibility index (Phi) is 12.8. The molecule has 0 fully saturated rings. The maximum atomic E-state index is 13.8. The van der Waals surface area contributed by atoms with Crippen molar-refractivity contribution in [1.29, 1.82) is 0 Å². The molecule has 1 aromatic carbocycles. The number of hydrogen-bond acceptors (Lipinski definition) is 7. The number of unbranched alkanes of at least 4 members (excludes halogenated alkanes) is 2. The molecule has 0 aliphatic rings. The van der Waals surface area contributed by atoms with Crippen molar-refractivity contribution in [3.63, 3.8) is 0 Å². The molecule has 1 aromatic rings. The first-order valence-electron chi connectivity index (χ1n) is 12.2. The van der Waals surface area contributed by atoms with E-state index in [0.29, 0.717) is 12.0 Å². The van der Waals surface area contributed by atoms with Crippen molar-refractivity contribution in [2.45, 2.75) is 78.5 Å². The molecule has 2 N–H and O–H groups in total. The number of nitrogens with one attached hydrogen (secondary N) is 2. The summed E-state index contributed by atoms with van der Waals surface area (Å²) in [6, 6.07) is 3.60. The Bertz CT molecular complexity index is 895. The number of alkyl carbamates (subject to hydrolysis) is 1. The van der Waals surface area contributed by atoms with Gasteiger partial charge in [-0.1, -0.05) is 49.1 Å². The van der Waals surface area contributed by atoms with E-state index in [2.05, 4.69) is 28.0 Å². The maximum Gasteiger partial charge on any atom is 0.408 e. The van der Waals surface area contributed by atoms with Crippen molar-refractivity contribution in [3.8, 4) is 0 Å². The molecular formula is C26H41N3O6S. The third-order valence-electron chi connectivity index (χ3n) is 5.21. The van der Waals surface area contributed by atoms with E-state index in [4.69, 9.17) is 4.74 Å². The largest absolute Gasteiger partial charge is 0.468 e. The number of carbonyl (C=O) groups is 4. The monoisotopic (exact) mass is 523 g/mol. The van der Waals surface area contributed by atoms with Crippen molar-refractivity contribution in [2.24, 2.45) is 0 Å². The molecule has 0 spiro atoms. The molecule has 0 heterocycles. The van der Waals surface area contributed by atoms with Crippen LogP contribution in [0.25, 0.3) is 0 Å². The van der Waals surface area contributed by atoms with Gasteiger partial charge in [0.15, 0.2) is 0 Å². The molecule has 1 rings (SSSR count). The predicted octanol–water partition coefficient (Wildman–Crippen LogP) is 3.48. The first-order chi connectivity index (χ1) is 16.8. The summed E-state index contributed by atoms with van der Waals surface area (Å²) in [5, 5.41) is 5.17. The number of thiol groups is 1. The minimum Gasteiger partial charge on any atom is -0.468 e. The molecule has 2 atom stereocenters. The second-order valence-electron chi connectivity index (χ2n) is 9.74. The Morgan fingerprint density at radius 3 is 2.17 bits per heavy atom. The van der Waals surface area contributed by atoms with Crippen LogP contribution < -0.4 is 10.6 Å². The Morgan fingerprint density at radius 1 is 1.06 bits per heavy atom. The van der Waals surface area contributed by atoms with Crippen LogP contribution in [0, 0.1) is 13.8 Å². The molecule has 0 aromatic heterocycles. The molecule has 9 nitrogen and oxygen atoms in total. The minimum absolute atomic E-state index is 0.00565. The molecule has 36 heavy (non-hydrogen) atoms. The number of methoxy groups -OCH3 is 1. The summed E-state index contributed by atoms with van der Waals surface area (Å²) in [6.45, 7) is 11.0. The van der Waals surface area contributed by atoms with Gasteiger partial charge in [0.05, 0.1) is 7.11 Å². The van der Waals surface area contributed by atoms with Gasteiger partial charge in [-0.3, -0.25) is 14.4 Å². The molecule has 0 saturated heterocycles. The summed E-state index contributed by atoms with van der Waals surface area (Å²) in [5.41, 5.74) is 1.71. The second kappa shape index (κ2) is 14.7. The van der Waals surface area contributed by atoms with Gasteiger partial charge in [-0.25, -0.2) is 4.79 Å². The van der Waals surface area contributed by atoms with Crippen LogP contribution in [0.1, 0.15) is 69.7 Å². The fourth-order valence-electron chi connectivity index (χ4n) is 3.70. The lowest BCUT2D eigenvalue weighted by Crippen LogP contribution is -2.54. The molecule has 0 bridgehead atoms. The summed E-state index contributed by atoms with van der Waals surface area (Å²) in [5.74, 6) is -1.59. The Labute approximate surface area is 220 Å². The minimum atomic E-state index is -1.03. The SMILES string of the molecule is CCCCCN(C(=O)C(CS)NC(=O)OC(C)(C)C)C(C(=O)NCC(=O)OC)c1cc(C)cc(C)c1. The number of aryl methyl sites for hydroxylation is 2. The van der Waals surface area contributed by atoms with Gasteiger partial charge in [-0.05, 0) is 46.6 Å². The first-order valence-corrected chi connectivity index (χ1v) is 12.8. The Morgan fingerprint density at radius 2 is 1.67 bits per heavy atom. The van der Waals surface area contributed by atoms with Crippen LogP contribution in [0.4, 0.5) is 4.79 Å². The molecule has 10 heteroatoms. The number of hydrogen-bond donors (Lipinski definition) is 3. The van der Waals surface area contributed by atoms with Crippen LogP contribution in [0.3, 0.4) is 0 Å².